The van der Waals surface area contributed by atoms with E-state index in [0.717, 1.165) is 22.4 Å². The van der Waals surface area contributed by atoms with Crippen molar-refractivity contribution in [3.05, 3.63) is 77.5 Å². The lowest BCUT2D eigenvalue weighted by atomic mass is 10.0. The Labute approximate surface area is 198 Å². The Hall–Kier alpha value is -4.20. The maximum absolute atomic E-state index is 13.3. The second kappa shape index (κ2) is 9.74. The second-order valence-corrected chi connectivity index (χ2v) is 8.29. The van der Waals surface area contributed by atoms with E-state index in [9.17, 15) is 9.59 Å². The largest absolute Gasteiger partial charge is 0.453 e. The number of nitrogens with zero attached hydrogens (tertiary/aromatic N) is 3. The lowest BCUT2D eigenvalue weighted by Crippen LogP contribution is -2.23. The Morgan fingerprint density at radius 2 is 1.82 bits per heavy atom. The fourth-order valence-electron chi connectivity index (χ4n) is 3.73. The van der Waals surface area contributed by atoms with Crippen molar-refractivity contribution in [2.75, 3.05) is 12.4 Å². The molecule has 4 rings (SSSR count). The van der Waals surface area contributed by atoms with E-state index in [2.05, 4.69) is 20.5 Å². The number of fused-ring (bicyclic) bond motifs is 1. The number of amides is 2. The van der Waals surface area contributed by atoms with Crippen LogP contribution in [0.1, 0.15) is 41.4 Å². The van der Waals surface area contributed by atoms with E-state index in [1.165, 1.54) is 7.11 Å². The lowest BCUT2D eigenvalue weighted by Gasteiger charge is -2.12. The minimum atomic E-state index is -0.533. The molecule has 0 aliphatic heterocycles. The van der Waals surface area contributed by atoms with E-state index in [1.807, 2.05) is 67.9 Å². The van der Waals surface area contributed by atoms with E-state index in [0.29, 0.717) is 28.8 Å². The standard InChI is InChI=1S/C26H27N5O3/c1-16(2)31-24-22(15-28-31)21(13-23(30-24)20-8-6-5-7-17(20)3)25(32)27-14-18-9-11-19(12-10-18)29-26(33)34-4/h5-13,15-16H,14H2,1-4H3,(H,27,32)(H,29,33). The first-order valence-electron chi connectivity index (χ1n) is 11.0. The van der Waals surface area contributed by atoms with E-state index >= 15 is 0 Å². The average molecular weight is 458 g/mol. The molecule has 0 spiro atoms. The van der Waals surface area contributed by atoms with Gasteiger partial charge in [-0.25, -0.2) is 14.5 Å². The summed E-state index contributed by atoms with van der Waals surface area (Å²) in [5.41, 5.74) is 5.50. The van der Waals surface area contributed by atoms with Crippen LogP contribution >= 0.6 is 0 Å². The van der Waals surface area contributed by atoms with Crippen molar-refractivity contribution in [2.45, 2.75) is 33.4 Å². The maximum atomic E-state index is 13.3. The van der Waals surface area contributed by atoms with Gasteiger partial charge in [0.2, 0.25) is 0 Å². The molecule has 34 heavy (non-hydrogen) atoms. The summed E-state index contributed by atoms with van der Waals surface area (Å²) in [5.74, 6) is -0.206. The SMILES string of the molecule is COC(=O)Nc1ccc(CNC(=O)c2cc(-c3ccccc3C)nc3c2cnn3C(C)C)cc1. The molecule has 0 saturated carbocycles. The molecule has 2 N–H and O–H groups in total. The molecular weight excluding hydrogens is 430 g/mol. The number of aryl methyl sites for hydroxylation is 1. The third-order valence-electron chi connectivity index (χ3n) is 5.56. The van der Waals surface area contributed by atoms with Crippen LogP contribution in [0.25, 0.3) is 22.3 Å². The smallest absolute Gasteiger partial charge is 0.411 e. The highest BCUT2D eigenvalue weighted by molar-refractivity contribution is 6.06. The molecule has 0 radical (unpaired) electrons. The molecule has 174 valence electrons. The first-order chi connectivity index (χ1) is 16.4. The fourth-order valence-corrected chi connectivity index (χ4v) is 3.73. The minimum absolute atomic E-state index is 0.102. The third kappa shape index (κ3) is 4.76. The highest BCUT2D eigenvalue weighted by atomic mass is 16.5. The molecule has 8 heteroatoms. The van der Waals surface area contributed by atoms with E-state index < -0.39 is 6.09 Å². The number of benzene rings is 2. The molecule has 2 heterocycles. The summed E-state index contributed by atoms with van der Waals surface area (Å²) in [4.78, 5) is 29.5. The summed E-state index contributed by atoms with van der Waals surface area (Å²) in [6, 6.07) is 17.1. The van der Waals surface area contributed by atoms with Crippen molar-refractivity contribution < 1.29 is 14.3 Å². The van der Waals surface area contributed by atoms with Gasteiger partial charge in [0.15, 0.2) is 5.65 Å². The molecule has 0 saturated heterocycles. The Bertz CT molecular complexity index is 1340. The van der Waals surface area contributed by atoms with Crippen LogP contribution in [0.5, 0.6) is 0 Å². The van der Waals surface area contributed by atoms with Gasteiger partial charge in [0.25, 0.3) is 5.91 Å². The summed E-state index contributed by atoms with van der Waals surface area (Å²) in [5, 5.41) is 10.8. The normalized spacial score (nSPS) is 11.0. The predicted octanol–water partition coefficient (Wildman–Crippen LogP) is 5.10. The molecule has 0 unspecified atom stereocenters. The van der Waals surface area contributed by atoms with Gasteiger partial charge in [-0.15, -0.1) is 0 Å². The number of ether oxygens (including phenoxy) is 1. The van der Waals surface area contributed by atoms with Gasteiger partial charge < -0.3 is 10.1 Å². The Kier molecular flexibility index (Phi) is 6.58. The summed E-state index contributed by atoms with van der Waals surface area (Å²) in [6.45, 7) is 6.43. The van der Waals surface area contributed by atoms with Crippen LogP contribution in [0.4, 0.5) is 10.5 Å². The van der Waals surface area contributed by atoms with Gasteiger partial charge in [-0.05, 0) is 50.1 Å². The van der Waals surface area contributed by atoms with Crippen molar-refractivity contribution >= 4 is 28.7 Å². The van der Waals surface area contributed by atoms with Crippen LogP contribution in [0.2, 0.25) is 0 Å². The van der Waals surface area contributed by atoms with Crippen LogP contribution < -0.4 is 10.6 Å². The molecule has 2 aromatic heterocycles. The monoisotopic (exact) mass is 457 g/mol. The molecule has 0 aliphatic carbocycles. The summed E-state index contributed by atoms with van der Waals surface area (Å²) in [6.07, 6.45) is 1.17. The molecule has 2 amide bonds. The zero-order valence-corrected chi connectivity index (χ0v) is 19.6. The van der Waals surface area contributed by atoms with Crippen LogP contribution in [0.3, 0.4) is 0 Å². The van der Waals surface area contributed by atoms with Crippen molar-refractivity contribution in [2.24, 2.45) is 0 Å². The number of anilines is 1. The number of carbonyl (C=O) groups is 2. The van der Waals surface area contributed by atoms with E-state index in [4.69, 9.17) is 4.98 Å². The molecule has 4 aromatic rings. The van der Waals surface area contributed by atoms with Gasteiger partial charge in [-0.1, -0.05) is 36.4 Å². The zero-order chi connectivity index (χ0) is 24.2. The number of nitrogens with one attached hydrogen (secondary N) is 2. The van der Waals surface area contributed by atoms with Crippen molar-refractivity contribution in [1.29, 1.82) is 0 Å². The zero-order valence-electron chi connectivity index (χ0n) is 19.6. The first kappa shape index (κ1) is 23.0. The molecular formula is C26H27N5O3. The van der Waals surface area contributed by atoms with Crippen LogP contribution in [0.15, 0.2) is 60.8 Å². The topological polar surface area (TPSA) is 98.1 Å². The summed E-state index contributed by atoms with van der Waals surface area (Å²) < 4.78 is 6.43. The van der Waals surface area contributed by atoms with Gasteiger partial charge in [0.1, 0.15) is 0 Å². The quantitative estimate of drug-likeness (QED) is 0.420. The molecule has 0 atom stereocenters. The molecule has 0 bridgehead atoms. The Morgan fingerprint density at radius 3 is 2.50 bits per heavy atom. The number of hydrogen-bond acceptors (Lipinski definition) is 5. The van der Waals surface area contributed by atoms with Gasteiger partial charge in [-0.3, -0.25) is 10.1 Å². The molecule has 2 aromatic carbocycles. The number of pyridine rings is 1. The highest BCUT2D eigenvalue weighted by Crippen LogP contribution is 2.28. The number of methoxy groups -OCH3 is 1. The molecule has 8 nitrogen and oxygen atoms in total. The average Bonchev–Trinajstić information content (AvgIpc) is 3.27. The highest BCUT2D eigenvalue weighted by Gasteiger charge is 2.19. The van der Waals surface area contributed by atoms with Crippen molar-refractivity contribution in [3.8, 4) is 11.3 Å². The van der Waals surface area contributed by atoms with Gasteiger partial charge >= 0.3 is 6.09 Å². The number of rotatable bonds is 6. The van der Waals surface area contributed by atoms with Crippen LogP contribution in [-0.4, -0.2) is 33.9 Å². The molecule has 0 aliphatic rings. The van der Waals surface area contributed by atoms with Crippen molar-refractivity contribution in [3.63, 3.8) is 0 Å². The summed E-state index contributed by atoms with van der Waals surface area (Å²) >= 11 is 0. The Morgan fingerprint density at radius 1 is 1.09 bits per heavy atom. The van der Waals surface area contributed by atoms with Crippen LogP contribution in [-0.2, 0) is 11.3 Å². The first-order valence-corrected chi connectivity index (χ1v) is 11.0. The number of carbonyl (C=O) groups excluding carboxylic acids is 2. The second-order valence-electron chi connectivity index (χ2n) is 8.29. The van der Waals surface area contributed by atoms with Gasteiger partial charge in [0.05, 0.1) is 30.0 Å². The van der Waals surface area contributed by atoms with Gasteiger partial charge in [0, 0.05) is 23.8 Å². The van der Waals surface area contributed by atoms with Crippen molar-refractivity contribution in [1.82, 2.24) is 20.1 Å². The van der Waals surface area contributed by atoms with Crippen LogP contribution in [0, 0.1) is 6.92 Å². The fraction of sp³-hybridized carbons (Fsp3) is 0.231. The third-order valence-corrected chi connectivity index (χ3v) is 5.56. The molecule has 0 fully saturated rings. The maximum Gasteiger partial charge on any atom is 0.411 e. The minimum Gasteiger partial charge on any atom is -0.453 e. The predicted molar refractivity (Wildman–Crippen MR) is 132 cm³/mol. The van der Waals surface area contributed by atoms with E-state index in [-0.39, 0.29) is 11.9 Å². The summed E-state index contributed by atoms with van der Waals surface area (Å²) in [7, 11) is 1.31. The lowest BCUT2D eigenvalue weighted by molar-refractivity contribution is 0.0952. The number of hydrogen-bond donors (Lipinski definition) is 2. The van der Waals surface area contributed by atoms with Gasteiger partial charge in [-0.2, -0.15) is 5.10 Å². The Balaban J connectivity index is 1.63. The number of aromatic nitrogens is 3. The van der Waals surface area contributed by atoms with E-state index in [1.54, 1.807) is 18.3 Å².